The highest BCUT2D eigenvalue weighted by Crippen LogP contribution is 2.41. The van der Waals surface area contributed by atoms with E-state index in [9.17, 15) is 24.3 Å². The number of carboxylic acid groups (broad SMARTS) is 3. The van der Waals surface area contributed by atoms with Gasteiger partial charge in [0.05, 0.1) is 12.8 Å². The molecule has 0 radical (unpaired) electrons. The second-order valence-corrected chi connectivity index (χ2v) is 6.29. The number of hydrogen-bond donors (Lipinski definition) is 5. The van der Waals surface area contributed by atoms with Crippen molar-refractivity contribution in [1.82, 2.24) is 0 Å². The van der Waals surface area contributed by atoms with Crippen LogP contribution in [-0.4, -0.2) is 56.4 Å². The highest BCUT2D eigenvalue weighted by molar-refractivity contribution is 5.89. The number of carbonyl (C=O) groups is 4. The maximum atomic E-state index is 12.1. The summed E-state index contributed by atoms with van der Waals surface area (Å²) < 4.78 is 5.18. The van der Waals surface area contributed by atoms with Crippen LogP contribution in [0, 0.1) is 0 Å². The van der Waals surface area contributed by atoms with Crippen LogP contribution in [0.15, 0.2) is 18.2 Å². The van der Waals surface area contributed by atoms with Crippen molar-refractivity contribution in [3.8, 4) is 5.75 Å². The van der Waals surface area contributed by atoms with Crippen LogP contribution in [0.2, 0.25) is 0 Å². The van der Waals surface area contributed by atoms with Crippen LogP contribution in [-0.2, 0) is 19.2 Å². The molecule has 146 valence electrons. The number of carbonyl (C=O) groups excluding carboxylic acids is 1. The first-order valence-corrected chi connectivity index (χ1v) is 8.09. The average molecular weight is 381 g/mol. The van der Waals surface area contributed by atoms with Gasteiger partial charge in [-0.1, -0.05) is 6.07 Å². The molecule has 2 rings (SSSR count). The molecule has 27 heavy (non-hydrogen) atoms. The van der Waals surface area contributed by atoms with E-state index < -0.39 is 42.3 Å². The van der Waals surface area contributed by atoms with E-state index in [0.717, 1.165) is 0 Å². The van der Waals surface area contributed by atoms with Gasteiger partial charge in [-0.05, 0) is 18.6 Å². The van der Waals surface area contributed by atoms with Crippen LogP contribution in [0.1, 0.15) is 37.2 Å². The molecule has 1 aliphatic heterocycles. The van der Waals surface area contributed by atoms with Crippen molar-refractivity contribution in [2.24, 2.45) is 0 Å². The summed E-state index contributed by atoms with van der Waals surface area (Å²) in [6, 6.07) is 4.79. The van der Waals surface area contributed by atoms with Crippen molar-refractivity contribution >= 4 is 29.6 Å². The summed E-state index contributed by atoms with van der Waals surface area (Å²) >= 11 is 0. The van der Waals surface area contributed by atoms with Crippen LogP contribution in [0.25, 0.3) is 0 Å². The number of anilines is 1. The number of aliphatic hydroxyl groups is 1. The SMILES string of the molecule is O=C(O)CCC1CNc2cccc(OC(=O)CC(O)(CC(=O)O)C(=O)O)c21. The van der Waals surface area contributed by atoms with Crippen LogP contribution in [0.4, 0.5) is 5.69 Å². The highest BCUT2D eigenvalue weighted by atomic mass is 16.5. The molecule has 1 heterocycles. The molecular weight excluding hydrogens is 362 g/mol. The molecule has 1 aromatic carbocycles. The number of nitrogens with one attached hydrogen (secondary N) is 1. The van der Waals surface area contributed by atoms with Crippen LogP contribution >= 0.6 is 0 Å². The summed E-state index contributed by atoms with van der Waals surface area (Å²) in [5.41, 5.74) is -1.54. The molecule has 0 aliphatic carbocycles. The van der Waals surface area contributed by atoms with Gasteiger partial charge in [0.1, 0.15) is 5.75 Å². The van der Waals surface area contributed by atoms with E-state index in [0.29, 0.717) is 24.2 Å². The molecule has 5 N–H and O–H groups in total. The Morgan fingerprint density at radius 3 is 2.41 bits per heavy atom. The van der Waals surface area contributed by atoms with E-state index >= 15 is 0 Å². The van der Waals surface area contributed by atoms with Crippen molar-refractivity contribution in [3.05, 3.63) is 23.8 Å². The number of ether oxygens (including phenoxy) is 1. The summed E-state index contributed by atoms with van der Waals surface area (Å²) in [7, 11) is 0. The Morgan fingerprint density at radius 1 is 1.11 bits per heavy atom. The van der Waals surface area contributed by atoms with Gasteiger partial charge in [-0.25, -0.2) is 4.79 Å². The van der Waals surface area contributed by atoms with Crippen molar-refractivity contribution in [1.29, 1.82) is 0 Å². The number of rotatable bonds is 9. The van der Waals surface area contributed by atoms with Crippen LogP contribution < -0.4 is 10.1 Å². The molecule has 0 saturated heterocycles. The van der Waals surface area contributed by atoms with Gasteiger partial charge in [-0.2, -0.15) is 0 Å². The molecule has 10 nitrogen and oxygen atoms in total. The Hall–Kier alpha value is -3.14. The Labute approximate surface area is 153 Å². The van der Waals surface area contributed by atoms with E-state index in [4.69, 9.17) is 20.1 Å². The first-order chi connectivity index (χ1) is 12.6. The minimum atomic E-state index is -2.79. The molecule has 0 spiro atoms. The van der Waals surface area contributed by atoms with Gasteiger partial charge in [0.2, 0.25) is 0 Å². The van der Waals surface area contributed by atoms with Gasteiger partial charge >= 0.3 is 23.9 Å². The Bertz CT molecular complexity index is 776. The fraction of sp³-hybridized carbons (Fsp3) is 0.412. The molecule has 2 unspecified atom stereocenters. The lowest BCUT2D eigenvalue weighted by molar-refractivity contribution is -0.169. The minimum Gasteiger partial charge on any atom is -0.481 e. The highest BCUT2D eigenvalue weighted by Gasteiger charge is 2.42. The summed E-state index contributed by atoms with van der Waals surface area (Å²) in [5.74, 6) is -5.61. The van der Waals surface area contributed by atoms with E-state index in [1.807, 2.05) is 0 Å². The van der Waals surface area contributed by atoms with Crippen LogP contribution in [0.5, 0.6) is 5.75 Å². The summed E-state index contributed by atoms with van der Waals surface area (Å²) in [6.07, 6.45) is -1.98. The second kappa shape index (κ2) is 8.04. The first-order valence-electron chi connectivity index (χ1n) is 8.09. The lowest BCUT2D eigenvalue weighted by Crippen LogP contribution is -2.43. The Morgan fingerprint density at radius 2 is 1.81 bits per heavy atom. The molecular formula is C17H19NO9. The van der Waals surface area contributed by atoms with Crippen molar-refractivity contribution in [2.75, 3.05) is 11.9 Å². The van der Waals surface area contributed by atoms with E-state index in [1.165, 1.54) is 6.07 Å². The summed E-state index contributed by atoms with van der Waals surface area (Å²) in [6.45, 7) is 0.454. The van der Waals surface area contributed by atoms with Gasteiger partial charge in [0.25, 0.3) is 0 Å². The molecule has 2 atom stereocenters. The average Bonchev–Trinajstić information content (AvgIpc) is 2.96. The predicted octanol–water partition coefficient (Wildman–Crippen LogP) is 0.646. The molecule has 0 saturated carbocycles. The number of benzene rings is 1. The fourth-order valence-corrected chi connectivity index (χ4v) is 2.95. The van der Waals surface area contributed by atoms with E-state index in [1.54, 1.807) is 12.1 Å². The maximum absolute atomic E-state index is 12.1. The molecule has 0 amide bonds. The van der Waals surface area contributed by atoms with Gasteiger partial charge in [-0.15, -0.1) is 0 Å². The smallest absolute Gasteiger partial charge is 0.336 e. The molecule has 0 bridgehead atoms. The second-order valence-electron chi connectivity index (χ2n) is 6.29. The minimum absolute atomic E-state index is 0.0779. The quantitative estimate of drug-likeness (QED) is 0.302. The zero-order chi connectivity index (χ0) is 20.2. The molecule has 10 heteroatoms. The van der Waals surface area contributed by atoms with E-state index in [-0.39, 0.29) is 18.1 Å². The van der Waals surface area contributed by atoms with Crippen molar-refractivity contribution in [2.45, 2.75) is 37.2 Å². The lowest BCUT2D eigenvalue weighted by atomic mass is 9.94. The standard InChI is InChI=1S/C17H19NO9/c19-12(20)5-4-9-8-18-10-2-1-3-11(15(9)10)27-14(23)7-17(26,16(24)25)6-13(21)22/h1-3,9,18,26H,4-8H2,(H,19,20)(H,21,22)(H,24,25). The molecule has 0 fully saturated rings. The number of aliphatic carboxylic acids is 3. The van der Waals surface area contributed by atoms with Crippen molar-refractivity contribution < 1.29 is 44.3 Å². The zero-order valence-electron chi connectivity index (χ0n) is 14.2. The third kappa shape index (κ3) is 4.94. The molecule has 1 aromatic rings. The van der Waals surface area contributed by atoms with Crippen molar-refractivity contribution in [3.63, 3.8) is 0 Å². The summed E-state index contributed by atoms with van der Waals surface area (Å²) in [5, 5.41) is 39.6. The molecule has 1 aliphatic rings. The third-order valence-electron chi connectivity index (χ3n) is 4.22. The monoisotopic (exact) mass is 381 g/mol. The third-order valence-corrected chi connectivity index (χ3v) is 4.22. The van der Waals surface area contributed by atoms with Gasteiger partial charge < -0.3 is 30.5 Å². The van der Waals surface area contributed by atoms with Gasteiger partial charge in [0, 0.05) is 30.1 Å². The first kappa shape index (κ1) is 20.2. The maximum Gasteiger partial charge on any atom is 0.336 e. The lowest BCUT2D eigenvalue weighted by Gasteiger charge is -2.21. The summed E-state index contributed by atoms with van der Waals surface area (Å²) in [4.78, 5) is 44.8. The fourth-order valence-electron chi connectivity index (χ4n) is 2.95. The van der Waals surface area contributed by atoms with E-state index in [2.05, 4.69) is 5.32 Å². The van der Waals surface area contributed by atoms with Gasteiger partial charge in [-0.3, -0.25) is 14.4 Å². The number of carboxylic acids is 3. The molecule has 0 aromatic heterocycles. The van der Waals surface area contributed by atoms with Crippen LogP contribution in [0.3, 0.4) is 0 Å². The Kier molecular flexibility index (Phi) is 6.01. The Balaban J connectivity index is 2.17. The zero-order valence-corrected chi connectivity index (χ0v) is 14.2. The number of hydrogen-bond acceptors (Lipinski definition) is 7. The largest absolute Gasteiger partial charge is 0.481 e. The normalized spacial score (nSPS) is 17.3. The predicted molar refractivity (Wildman–Crippen MR) is 89.6 cm³/mol. The number of fused-ring (bicyclic) bond motifs is 1. The van der Waals surface area contributed by atoms with Gasteiger partial charge in [0.15, 0.2) is 5.60 Å². The topological polar surface area (TPSA) is 170 Å². The number of esters is 1.